The van der Waals surface area contributed by atoms with Crippen LogP contribution in [0.15, 0.2) is 77.7 Å². The van der Waals surface area contributed by atoms with Crippen molar-refractivity contribution in [1.82, 2.24) is 5.32 Å². The molecule has 0 unspecified atom stereocenters. The molecule has 0 heterocycles. The zero-order chi connectivity index (χ0) is 25.6. The summed E-state index contributed by atoms with van der Waals surface area (Å²) in [6, 6.07) is 19.4. The van der Waals surface area contributed by atoms with E-state index >= 15 is 0 Å². The van der Waals surface area contributed by atoms with Gasteiger partial charge in [-0.25, -0.2) is 8.42 Å². The lowest BCUT2D eigenvalue weighted by Crippen LogP contribution is -2.39. The number of hydrogen-bond acceptors (Lipinski definition) is 5. The van der Waals surface area contributed by atoms with Gasteiger partial charge in [-0.15, -0.1) is 0 Å². The standard InChI is InChI=1S/C26H29N3O5S/c1-18(2)27-26(31)21-12-8-9-13-22(21)28-25(30)17-29(23-16-19(3)14-15-24(23)34-4)35(32,33)20-10-6-5-7-11-20/h5-16,18H,17H2,1-4H3,(H,27,31)(H,28,30). The van der Waals surface area contributed by atoms with Gasteiger partial charge in [-0.05, 0) is 62.7 Å². The third-order valence-electron chi connectivity index (χ3n) is 5.09. The Morgan fingerprint density at radius 3 is 2.29 bits per heavy atom. The predicted molar refractivity (Wildman–Crippen MR) is 136 cm³/mol. The van der Waals surface area contributed by atoms with Crippen molar-refractivity contribution in [1.29, 1.82) is 0 Å². The topological polar surface area (TPSA) is 105 Å². The monoisotopic (exact) mass is 495 g/mol. The highest BCUT2D eigenvalue weighted by atomic mass is 32.2. The van der Waals surface area contributed by atoms with Crippen molar-refractivity contribution < 1.29 is 22.7 Å². The van der Waals surface area contributed by atoms with Gasteiger partial charge in [0.25, 0.3) is 15.9 Å². The van der Waals surface area contributed by atoms with Gasteiger partial charge in [0.2, 0.25) is 5.91 Å². The minimum absolute atomic E-state index is 0.0353. The normalized spacial score (nSPS) is 11.1. The number of anilines is 2. The SMILES string of the molecule is COc1ccc(C)cc1N(CC(=O)Nc1ccccc1C(=O)NC(C)C)S(=O)(=O)c1ccccc1. The first-order valence-electron chi connectivity index (χ1n) is 11.1. The third-order valence-corrected chi connectivity index (χ3v) is 6.86. The highest BCUT2D eigenvalue weighted by molar-refractivity contribution is 7.92. The smallest absolute Gasteiger partial charge is 0.264 e. The lowest BCUT2D eigenvalue weighted by molar-refractivity contribution is -0.114. The quantitative estimate of drug-likeness (QED) is 0.467. The van der Waals surface area contributed by atoms with Crippen molar-refractivity contribution in [3.63, 3.8) is 0 Å². The second-order valence-electron chi connectivity index (χ2n) is 8.22. The number of para-hydroxylation sites is 1. The van der Waals surface area contributed by atoms with E-state index in [1.807, 2.05) is 20.8 Å². The molecule has 0 aliphatic heterocycles. The van der Waals surface area contributed by atoms with Gasteiger partial charge >= 0.3 is 0 Å². The molecule has 0 atom stereocenters. The fraction of sp³-hybridized carbons (Fsp3) is 0.231. The minimum Gasteiger partial charge on any atom is -0.495 e. The molecule has 3 rings (SSSR count). The Bertz CT molecular complexity index is 1310. The van der Waals surface area contributed by atoms with Gasteiger partial charge in [0.05, 0.1) is 28.9 Å². The molecule has 0 radical (unpaired) electrons. The van der Waals surface area contributed by atoms with Crippen LogP contribution in [0, 0.1) is 6.92 Å². The molecule has 2 N–H and O–H groups in total. The molecule has 35 heavy (non-hydrogen) atoms. The Morgan fingerprint density at radius 2 is 1.63 bits per heavy atom. The van der Waals surface area contributed by atoms with Crippen LogP contribution < -0.4 is 19.7 Å². The van der Waals surface area contributed by atoms with Gasteiger partial charge in [0.1, 0.15) is 12.3 Å². The van der Waals surface area contributed by atoms with Crippen molar-refractivity contribution in [2.75, 3.05) is 23.3 Å². The number of nitrogens with zero attached hydrogens (tertiary/aromatic N) is 1. The molecule has 3 aromatic carbocycles. The van der Waals surface area contributed by atoms with Crippen LogP contribution in [-0.2, 0) is 14.8 Å². The van der Waals surface area contributed by atoms with Gasteiger partial charge in [0.15, 0.2) is 0 Å². The van der Waals surface area contributed by atoms with Crippen LogP contribution in [0.4, 0.5) is 11.4 Å². The molecule has 2 amide bonds. The van der Waals surface area contributed by atoms with E-state index in [2.05, 4.69) is 10.6 Å². The second kappa shape index (κ2) is 11.1. The average molecular weight is 496 g/mol. The maximum atomic E-state index is 13.6. The predicted octanol–water partition coefficient (Wildman–Crippen LogP) is 3.98. The summed E-state index contributed by atoms with van der Waals surface area (Å²) in [6.45, 7) is 4.96. The summed E-state index contributed by atoms with van der Waals surface area (Å²) in [7, 11) is -2.68. The van der Waals surface area contributed by atoms with Gasteiger partial charge < -0.3 is 15.4 Å². The number of aryl methyl sites for hydroxylation is 1. The first-order chi connectivity index (χ1) is 16.6. The van der Waals surface area contributed by atoms with Crippen molar-refractivity contribution >= 4 is 33.2 Å². The molecule has 0 aliphatic carbocycles. The number of ether oxygens (including phenoxy) is 1. The molecule has 0 saturated carbocycles. The van der Waals surface area contributed by atoms with Crippen LogP contribution in [-0.4, -0.2) is 39.9 Å². The summed E-state index contributed by atoms with van der Waals surface area (Å²) < 4.78 is 33.7. The Kier molecular flexibility index (Phi) is 8.14. The van der Waals surface area contributed by atoms with Crippen LogP contribution in [0.3, 0.4) is 0 Å². The summed E-state index contributed by atoms with van der Waals surface area (Å²) in [5, 5.41) is 5.49. The van der Waals surface area contributed by atoms with E-state index in [4.69, 9.17) is 4.74 Å². The van der Waals surface area contributed by atoms with Crippen molar-refractivity contribution in [2.24, 2.45) is 0 Å². The molecule has 9 heteroatoms. The Hall–Kier alpha value is -3.85. The maximum absolute atomic E-state index is 13.6. The molecule has 0 spiro atoms. The van der Waals surface area contributed by atoms with Crippen molar-refractivity contribution in [2.45, 2.75) is 31.7 Å². The van der Waals surface area contributed by atoms with Gasteiger partial charge in [0, 0.05) is 6.04 Å². The van der Waals surface area contributed by atoms with E-state index in [0.29, 0.717) is 5.75 Å². The highest BCUT2D eigenvalue weighted by Crippen LogP contribution is 2.33. The fourth-order valence-electron chi connectivity index (χ4n) is 3.46. The molecule has 184 valence electrons. The van der Waals surface area contributed by atoms with Crippen LogP contribution in [0.25, 0.3) is 0 Å². The number of methoxy groups -OCH3 is 1. The molecule has 0 saturated heterocycles. The van der Waals surface area contributed by atoms with Crippen LogP contribution in [0.2, 0.25) is 0 Å². The van der Waals surface area contributed by atoms with Crippen LogP contribution >= 0.6 is 0 Å². The lowest BCUT2D eigenvalue weighted by Gasteiger charge is -2.26. The summed E-state index contributed by atoms with van der Waals surface area (Å²) in [5.41, 5.74) is 1.59. The third kappa shape index (κ3) is 6.19. The van der Waals surface area contributed by atoms with E-state index < -0.39 is 22.5 Å². The number of amides is 2. The number of carbonyl (C=O) groups is 2. The molecule has 8 nitrogen and oxygen atoms in total. The van der Waals surface area contributed by atoms with Gasteiger partial charge in [-0.2, -0.15) is 0 Å². The zero-order valence-electron chi connectivity index (χ0n) is 20.1. The first-order valence-corrected chi connectivity index (χ1v) is 12.5. The number of carbonyl (C=O) groups excluding carboxylic acids is 2. The number of rotatable bonds is 9. The molecular weight excluding hydrogens is 466 g/mol. The molecule has 0 fully saturated rings. The molecule has 3 aromatic rings. The summed E-state index contributed by atoms with van der Waals surface area (Å²) in [6.07, 6.45) is 0. The average Bonchev–Trinajstić information content (AvgIpc) is 2.83. The summed E-state index contributed by atoms with van der Waals surface area (Å²) >= 11 is 0. The van der Waals surface area contributed by atoms with Gasteiger partial charge in [-0.1, -0.05) is 36.4 Å². The van der Waals surface area contributed by atoms with E-state index in [1.165, 1.54) is 19.2 Å². The lowest BCUT2D eigenvalue weighted by atomic mass is 10.1. The van der Waals surface area contributed by atoms with Gasteiger partial charge in [-0.3, -0.25) is 13.9 Å². The number of nitrogens with one attached hydrogen (secondary N) is 2. The van der Waals surface area contributed by atoms with E-state index in [9.17, 15) is 18.0 Å². The number of benzene rings is 3. The van der Waals surface area contributed by atoms with Crippen LogP contribution in [0.1, 0.15) is 29.8 Å². The molecular formula is C26H29N3O5S. The van der Waals surface area contributed by atoms with E-state index in [1.54, 1.807) is 60.7 Å². The second-order valence-corrected chi connectivity index (χ2v) is 10.1. The molecule has 0 aromatic heterocycles. The maximum Gasteiger partial charge on any atom is 0.264 e. The molecule has 0 aliphatic rings. The number of sulfonamides is 1. The summed E-state index contributed by atoms with van der Waals surface area (Å²) in [4.78, 5) is 25.8. The highest BCUT2D eigenvalue weighted by Gasteiger charge is 2.30. The largest absolute Gasteiger partial charge is 0.495 e. The Labute approximate surface area is 206 Å². The van der Waals surface area contributed by atoms with E-state index in [-0.39, 0.29) is 33.8 Å². The Morgan fingerprint density at radius 1 is 0.971 bits per heavy atom. The fourth-order valence-corrected chi connectivity index (χ4v) is 4.91. The summed E-state index contributed by atoms with van der Waals surface area (Å²) in [5.74, 6) is -0.650. The minimum atomic E-state index is -4.12. The molecule has 0 bridgehead atoms. The van der Waals surface area contributed by atoms with Crippen molar-refractivity contribution in [3.8, 4) is 5.75 Å². The number of hydrogen-bond donors (Lipinski definition) is 2. The Balaban J connectivity index is 1.99. The first kappa shape index (κ1) is 25.8. The van der Waals surface area contributed by atoms with E-state index in [0.717, 1.165) is 9.87 Å². The zero-order valence-corrected chi connectivity index (χ0v) is 20.9. The van der Waals surface area contributed by atoms with Crippen molar-refractivity contribution in [3.05, 3.63) is 83.9 Å². The van der Waals surface area contributed by atoms with Crippen LogP contribution in [0.5, 0.6) is 5.75 Å².